The first-order chi connectivity index (χ1) is 11.0. The van der Waals surface area contributed by atoms with Crippen LogP contribution in [0.25, 0.3) is 0 Å². The molecule has 23 heavy (non-hydrogen) atoms. The maximum absolute atomic E-state index is 12.6. The Labute approximate surface area is 137 Å². The number of aryl methyl sites for hydroxylation is 1. The Bertz CT molecular complexity index is 753. The average molecular weight is 338 g/mol. The topological polar surface area (TPSA) is 93.2 Å². The van der Waals surface area contributed by atoms with Crippen LogP contribution >= 0.6 is 11.6 Å². The first kappa shape index (κ1) is 15.5. The fourth-order valence-electron chi connectivity index (χ4n) is 2.81. The van der Waals surface area contributed by atoms with E-state index in [-0.39, 0.29) is 17.6 Å². The number of piperidine rings is 1. The van der Waals surface area contributed by atoms with Crippen molar-refractivity contribution in [1.82, 2.24) is 24.5 Å². The van der Waals surface area contributed by atoms with Crippen molar-refractivity contribution in [2.24, 2.45) is 7.05 Å². The number of halogens is 1. The summed E-state index contributed by atoms with van der Waals surface area (Å²) < 4.78 is 3.23. The maximum atomic E-state index is 12.6. The van der Waals surface area contributed by atoms with Gasteiger partial charge < -0.3 is 14.6 Å². The lowest BCUT2D eigenvalue weighted by molar-refractivity contribution is 0.0658. The van der Waals surface area contributed by atoms with Gasteiger partial charge in [0.25, 0.3) is 5.91 Å². The van der Waals surface area contributed by atoms with E-state index < -0.39 is 5.97 Å². The minimum atomic E-state index is -1.11. The van der Waals surface area contributed by atoms with Crippen LogP contribution in [0.5, 0.6) is 0 Å². The molecule has 2 aromatic rings. The normalized spacial score (nSPS) is 18.2. The molecule has 1 unspecified atom stereocenters. The Balaban J connectivity index is 1.76. The van der Waals surface area contributed by atoms with Crippen LogP contribution in [0.3, 0.4) is 0 Å². The van der Waals surface area contributed by atoms with Gasteiger partial charge in [-0.1, -0.05) is 16.8 Å². The zero-order valence-electron chi connectivity index (χ0n) is 12.5. The summed E-state index contributed by atoms with van der Waals surface area (Å²) in [6.07, 6.45) is 4.73. The fraction of sp³-hybridized carbons (Fsp3) is 0.429. The molecule has 1 aliphatic heterocycles. The van der Waals surface area contributed by atoms with Gasteiger partial charge >= 0.3 is 5.97 Å². The molecule has 0 aliphatic carbocycles. The van der Waals surface area contributed by atoms with E-state index in [2.05, 4.69) is 10.3 Å². The number of carboxylic acids is 1. The van der Waals surface area contributed by atoms with Crippen LogP contribution in [0.2, 0.25) is 5.02 Å². The third kappa shape index (κ3) is 3.07. The molecule has 3 heterocycles. The number of nitrogens with zero attached hydrogens (tertiary/aromatic N) is 5. The molecule has 122 valence electrons. The molecule has 0 bridgehead atoms. The number of aromatic nitrogens is 4. The van der Waals surface area contributed by atoms with Crippen LogP contribution in [-0.2, 0) is 7.05 Å². The number of amides is 1. The molecule has 3 rings (SSSR count). The summed E-state index contributed by atoms with van der Waals surface area (Å²) in [5.74, 6) is -1.21. The van der Waals surface area contributed by atoms with E-state index in [1.807, 2.05) is 0 Å². The first-order valence-electron chi connectivity index (χ1n) is 7.22. The second-order valence-corrected chi connectivity index (χ2v) is 6.03. The predicted molar refractivity (Wildman–Crippen MR) is 81.6 cm³/mol. The van der Waals surface area contributed by atoms with Gasteiger partial charge in [-0.15, -0.1) is 5.10 Å². The monoisotopic (exact) mass is 337 g/mol. The van der Waals surface area contributed by atoms with Crippen LogP contribution in [0.4, 0.5) is 0 Å². The predicted octanol–water partition coefficient (Wildman–Crippen LogP) is 1.45. The fourth-order valence-corrected chi connectivity index (χ4v) is 3.06. The highest BCUT2D eigenvalue weighted by atomic mass is 35.5. The number of hydrogen-bond donors (Lipinski definition) is 1. The largest absolute Gasteiger partial charge is 0.476 e. The molecule has 0 saturated carbocycles. The van der Waals surface area contributed by atoms with Gasteiger partial charge in [0.1, 0.15) is 5.69 Å². The van der Waals surface area contributed by atoms with Crippen LogP contribution in [0.15, 0.2) is 18.5 Å². The highest BCUT2D eigenvalue weighted by Crippen LogP contribution is 2.23. The smallest absolute Gasteiger partial charge is 0.358 e. The summed E-state index contributed by atoms with van der Waals surface area (Å²) in [6.45, 7) is 1.11. The second-order valence-electron chi connectivity index (χ2n) is 5.59. The molecule has 9 heteroatoms. The Hall–Kier alpha value is -2.35. The number of aromatic carboxylic acids is 1. The number of likely N-dealkylation sites (tertiary alicyclic amines) is 1. The highest BCUT2D eigenvalue weighted by Gasteiger charge is 2.28. The van der Waals surface area contributed by atoms with Crippen molar-refractivity contribution in [2.45, 2.75) is 18.9 Å². The van der Waals surface area contributed by atoms with Gasteiger partial charge in [0.15, 0.2) is 5.69 Å². The van der Waals surface area contributed by atoms with E-state index in [0.717, 1.165) is 12.8 Å². The van der Waals surface area contributed by atoms with Crippen molar-refractivity contribution < 1.29 is 14.7 Å². The standard InChI is InChI=1S/C14H16ClN5O3/c1-18-6-9(15)5-12(18)13(21)19-4-2-3-10(7-19)20-8-11(14(22)23)16-17-20/h5-6,8,10H,2-4,7H2,1H3,(H,22,23). The summed E-state index contributed by atoms with van der Waals surface area (Å²) in [6, 6.07) is 1.56. The quantitative estimate of drug-likeness (QED) is 0.914. The molecule has 1 fully saturated rings. The van der Waals surface area contributed by atoms with E-state index in [4.69, 9.17) is 16.7 Å². The third-order valence-electron chi connectivity index (χ3n) is 3.98. The van der Waals surface area contributed by atoms with Crippen molar-refractivity contribution in [3.8, 4) is 0 Å². The van der Waals surface area contributed by atoms with Crippen LogP contribution in [0.1, 0.15) is 39.9 Å². The molecule has 0 radical (unpaired) electrons. The average Bonchev–Trinajstić information content (AvgIpc) is 3.13. The molecule has 1 N–H and O–H groups in total. The number of carboxylic acid groups (broad SMARTS) is 1. The molecule has 1 aliphatic rings. The van der Waals surface area contributed by atoms with E-state index >= 15 is 0 Å². The first-order valence-corrected chi connectivity index (χ1v) is 7.60. The van der Waals surface area contributed by atoms with Gasteiger partial charge in [-0.05, 0) is 18.9 Å². The van der Waals surface area contributed by atoms with Crippen molar-refractivity contribution in [1.29, 1.82) is 0 Å². The molecule has 0 spiro atoms. The molecule has 1 atom stereocenters. The van der Waals surface area contributed by atoms with Crippen LogP contribution < -0.4 is 0 Å². The molecular formula is C14H16ClN5O3. The highest BCUT2D eigenvalue weighted by molar-refractivity contribution is 6.31. The Kier molecular flexibility index (Phi) is 4.08. The summed E-state index contributed by atoms with van der Waals surface area (Å²) in [5.41, 5.74) is 0.433. The number of carbonyl (C=O) groups excluding carboxylic acids is 1. The summed E-state index contributed by atoms with van der Waals surface area (Å²) in [5, 5.41) is 16.9. The minimum Gasteiger partial charge on any atom is -0.476 e. The SMILES string of the molecule is Cn1cc(Cl)cc1C(=O)N1CCCC(n2cc(C(=O)O)nn2)C1. The van der Waals surface area contributed by atoms with E-state index in [1.54, 1.807) is 28.8 Å². The van der Waals surface area contributed by atoms with E-state index in [0.29, 0.717) is 23.8 Å². The minimum absolute atomic E-state index is 0.0796. The van der Waals surface area contributed by atoms with Gasteiger partial charge in [0, 0.05) is 26.3 Å². The Morgan fingerprint density at radius 2 is 2.17 bits per heavy atom. The van der Waals surface area contributed by atoms with Crippen molar-refractivity contribution in [2.75, 3.05) is 13.1 Å². The lowest BCUT2D eigenvalue weighted by atomic mass is 10.1. The number of rotatable bonds is 3. The van der Waals surface area contributed by atoms with E-state index in [1.165, 1.54) is 10.9 Å². The van der Waals surface area contributed by atoms with Gasteiger partial charge in [-0.25, -0.2) is 9.48 Å². The van der Waals surface area contributed by atoms with E-state index in [9.17, 15) is 9.59 Å². The van der Waals surface area contributed by atoms with Gasteiger partial charge in [0.2, 0.25) is 0 Å². The van der Waals surface area contributed by atoms with Crippen LogP contribution in [0, 0.1) is 0 Å². The molecule has 2 aromatic heterocycles. The maximum Gasteiger partial charge on any atom is 0.358 e. The van der Waals surface area contributed by atoms with Crippen molar-refractivity contribution in [3.63, 3.8) is 0 Å². The molecule has 8 nitrogen and oxygen atoms in total. The lowest BCUT2D eigenvalue weighted by Gasteiger charge is -2.32. The zero-order valence-corrected chi connectivity index (χ0v) is 13.3. The number of hydrogen-bond acceptors (Lipinski definition) is 4. The molecule has 1 saturated heterocycles. The molecule has 1 amide bonds. The third-order valence-corrected chi connectivity index (χ3v) is 4.18. The van der Waals surface area contributed by atoms with Gasteiger partial charge in [-0.2, -0.15) is 0 Å². The lowest BCUT2D eigenvalue weighted by Crippen LogP contribution is -2.41. The second kappa shape index (κ2) is 6.04. The molecule has 0 aromatic carbocycles. The zero-order chi connectivity index (χ0) is 16.6. The summed E-state index contributed by atoms with van der Waals surface area (Å²) in [7, 11) is 1.77. The molecular weight excluding hydrogens is 322 g/mol. The summed E-state index contributed by atoms with van der Waals surface area (Å²) >= 11 is 5.94. The van der Waals surface area contributed by atoms with Crippen molar-refractivity contribution in [3.05, 3.63) is 34.9 Å². The number of carbonyl (C=O) groups is 2. The van der Waals surface area contributed by atoms with Crippen molar-refractivity contribution >= 4 is 23.5 Å². The Morgan fingerprint density at radius 3 is 2.78 bits per heavy atom. The van der Waals surface area contributed by atoms with Gasteiger partial charge in [0.05, 0.1) is 17.3 Å². The van der Waals surface area contributed by atoms with Crippen LogP contribution in [-0.4, -0.2) is 54.5 Å². The van der Waals surface area contributed by atoms with Gasteiger partial charge in [-0.3, -0.25) is 4.79 Å². The Morgan fingerprint density at radius 1 is 1.39 bits per heavy atom. The summed E-state index contributed by atoms with van der Waals surface area (Å²) in [4.78, 5) is 25.3.